The Hall–Kier alpha value is -1.86. The van der Waals surface area contributed by atoms with Crippen molar-refractivity contribution in [3.63, 3.8) is 0 Å². The van der Waals surface area contributed by atoms with Crippen molar-refractivity contribution < 1.29 is 8.42 Å². The van der Waals surface area contributed by atoms with Crippen molar-refractivity contribution in [2.45, 2.75) is 11.3 Å². The van der Waals surface area contributed by atoms with Crippen LogP contribution in [-0.4, -0.2) is 38.8 Å². The first-order valence-electron chi connectivity index (χ1n) is 6.34. The molecule has 0 aliphatic carbocycles. The van der Waals surface area contributed by atoms with Crippen molar-refractivity contribution in [2.75, 3.05) is 25.0 Å². The van der Waals surface area contributed by atoms with E-state index >= 15 is 0 Å². The van der Waals surface area contributed by atoms with Gasteiger partial charge in [0.1, 0.15) is 4.90 Å². The molecule has 7 heteroatoms. The number of para-hydroxylation sites is 1. The van der Waals surface area contributed by atoms with E-state index in [1.165, 1.54) is 12.4 Å². The van der Waals surface area contributed by atoms with Gasteiger partial charge in [0.15, 0.2) is 0 Å². The third-order valence-electron chi connectivity index (χ3n) is 2.94. The molecule has 0 bridgehead atoms. The molecular weight excluding hydrogens is 276 g/mol. The smallest absolute Gasteiger partial charge is 0.243 e. The largest absolute Gasteiger partial charge is 0.375 e. The quantitative estimate of drug-likeness (QED) is 0.753. The fourth-order valence-corrected chi connectivity index (χ4v) is 2.78. The van der Waals surface area contributed by atoms with Crippen LogP contribution in [-0.2, 0) is 10.0 Å². The van der Waals surface area contributed by atoms with Gasteiger partial charge in [0.2, 0.25) is 10.0 Å². The third-order valence-corrected chi connectivity index (χ3v) is 4.37. The molecule has 20 heavy (non-hydrogen) atoms. The lowest BCUT2D eigenvalue weighted by Gasteiger charge is -2.19. The van der Waals surface area contributed by atoms with Crippen LogP contribution in [0.5, 0.6) is 0 Å². The summed E-state index contributed by atoms with van der Waals surface area (Å²) in [5.41, 5.74) is 1.12. The number of aromatic nitrogens is 2. The highest BCUT2D eigenvalue weighted by Gasteiger charge is 2.13. The summed E-state index contributed by atoms with van der Waals surface area (Å²) in [7, 11) is -1.46. The molecule has 0 aliphatic rings. The molecule has 0 atom stereocenters. The Bertz CT molecular complexity index is 611. The molecule has 2 aromatic rings. The van der Waals surface area contributed by atoms with Gasteiger partial charge in [-0.2, -0.15) is 5.10 Å². The second-order valence-corrected chi connectivity index (χ2v) is 6.21. The molecule has 0 saturated carbocycles. The molecule has 0 spiro atoms. The fraction of sp³-hybridized carbons (Fsp3) is 0.308. The highest BCUT2D eigenvalue weighted by Crippen LogP contribution is 2.11. The van der Waals surface area contributed by atoms with Gasteiger partial charge in [-0.15, -0.1) is 0 Å². The van der Waals surface area contributed by atoms with Crippen molar-refractivity contribution in [3.05, 3.63) is 42.7 Å². The molecule has 0 unspecified atom stereocenters. The van der Waals surface area contributed by atoms with Gasteiger partial charge in [-0.1, -0.05) is 18.2 Å². The van der Waals surface area contributed by atoms with Crippen molar-refractivity contribution in [3.8, 4) is 0 Å². The summed E-state index contributed by atoms with van der Waals surface area (Å²) in [6.45, 7) is 1.17. The number of anilines is 1. The molecule has 108 valence electrons. The van der Waals surface area contributed by atoms with E-state index in [4.69, 9.17) is 0 Å². The fourth-order valence-electron chi connectivity index (χ4n) is 1.80. The first-order chi connectivity index (χ1) is 9.59. The zero-order chi connectivity index (χ0) is 14.4. The third kappa shape index (κ3) is 3.82. The van der Waals surface area contributed by atoms with Crippen LogP contribution in [0, 0.1) is 0 Å². The molecule has 0 aliphatic heterocycles. The highest BCUT2D eigenvalue weighted by molar-refractivity contribution is 7.89. The Balaban J connectivity index is 1.77. The lowest BCUT2D eigenvalue weighted by Crippen LogP contribution is -2.28. The summed E-state index contributed by atoms with van der Waals surface area (Å²) in [6.07, 6.45) is 3.37. The predicted molar refractivity (Wildman–Crippen MR) is 78.1 cm³/mol. The molecule has 0 amide bonds. The van der Waals surface area contributed by atoms with Crippen LogP contribution in [0.2, 0.25) is 0 Å². The average Bonchev–Trinajstić information content (AvgIpc) is 2.99. The van der Waals surface area contributed by atoms with Gasteiger partial charge >= 0.3 is 0 Å². The number of benzene rings is 1. The monoisotopic (exact) mass is 294 g/mol. The van der Waals surface area contributed by atoms with Crippen LogP contribution in [0.1, 0.15) is 6.42 Å². The van der Waals surface area contributed by atoms with Crippen LogP contribution < -0.4 is 9.62 Å². The maximum atomic E-state index is 11.8. The van der Waals surface area contributed by atoms with E-state index in [2.05, 4.69) is 19.8 Å². The summed E-state index contributed by atoms with van der Waals surface area (Å²) in [5.74, 6) is 0. The molecule has 2 rings (SSSR count). The predicted octanol–water partition coefficient (Wildman–Crippen LogP) is 1.21. The Labute approximate surface area is 118 Å². The van der Waals surface area contributed by atoms with E-state index in [1.807, 2.05) is 37.4 Å². The van der Waals surface area contributed by atoms with Gasteiger partial charge < -0.3 is 4.90 Å². The Morgan fingerprint density at radius 1 is 1.30 bits per heavy atom. The number of aromatic amines is 1. The molecule has 0 fully saturated rings. The van der Waals surface area contributed by atoms with Crippen LogP contribution in [0.3, 0.4) is 0 Å². The second-order valence-electron chi connectivity index (χ2n) is 4.44. The topological polar surface area (TPSA) is 78.1 Å². The summed E-state index contributed by atoms with van der Waals surface area (Å²) in [6, 6.07) is 9.97. The Morgan fingerprint density at radius 3 is 2.70 bits per heavy atom. The van der Waals surface area contributed by atoms with Gasteiger partial charge in [-0.25, -0.2) is 13.1 Å². The molecule has 1 heterocycles. The van der Waals surface area contributed by atoms with Gasteiger partial charge in [-0.05, 0) is 18.6 Å². The van der Waals surface area contributed by atoms with E-state index in [0.717, 1.165) is 18.7 Å². The number of sulfonamides is 1. The summed E-state index contributed by atoms with van der Waals surface area (Å²) < 4.78 is 26.2. The van der Waals surface area contributed by atoms with Gasteiger partial charge in [0, 0.05) is 32.0 Å². The minimum absolute atomic E-state index is 0.161. The highest BCUT2D eigenvalue weighted by atomic mass is 32.2. The first kappa shape index (κ1) is 14.5. The Morgan fingerprint density at radius 2 is 2.05 bits per heavy atom. The van der Waals surface area contributed by atoms with Crippen molar-refractivity contribution in [1.29, 1.82) is 0 Å². The number of rotatable bonds is 7. The first-order valence-corrected chi connectivity index (χ1v) is 7.82. The zero-order valence-electron chi connectivity index (χ0n) is 11.3. The lowest BCUT2D eigenvalue weighted by molar-refractivity contribution is 0.579. The van der Waals surface area contributed by atoms with Crippen LogP contribution in [0.25, 0.3) is 0 Å². The normalized spacial score (nSPS) is 11.4. The van der Waals surface area contributed by atoms with Gasteiger partial charge in [0.05, 0.1) is 6.20 Å². The number of hydrogen-bond acceptors (Lipinski definition) is 4. The van der Waals surface area contributed by atoms with Crippen LogP contribution in [0.15, 0.2) is 47.6 Å². The zero-order valence-corrected chi connectivity index (χ0v) is 12.1. The van der Waals surface area contributed by atoms with Gasteiger partial charge in [0.25, 0.3) is 0 Å². The van der Waals surface area contributed by atoms with Crippen molar-refractivity contribution in [1.82, 2.24) is 14.9 Å². The van der Waals surface area contributed by atoms with E-state index in [0.29, 0.717) is 6.54 Å². The van der Waals surface area contributed by atoms with Crippen LogP contribution in [0.4, 0.5) is 5.69 Å². The molecule has 0 saturated heterocycles. The molecule has 0 radical (unpaired) electrons. The number of H-pyrrole nitrogens is 1. The molecule has 6 nitrogen and oxygen atoms in total. The summed E-state index contributed by atoms with van der Waals surface area (Å²) in [4.78, 5) is 2.25. The molecule has 1 aromatic heterocycles. The van der Waals surface area contributed by atoms with E-state index in [1.54, 1.807) is 0 Å². The molecule has 1 aromatic carbocycles. The number of nitrogens with one attached hydrogen (secondary N) is 2. The Kier molecular flexibility index (Phi) is 4.75. The minimum atomic E-state index is -3.44. The second kappa shape index (κ2) is 6.53. The van der Waals surface area contributed by atoms with Crippen LogP contribution >= 0.6 is 0 Å². The molecule has 2 N–H and O–H groups in total. The minimum Gasteiger partial charge on any atom is -0.375 e. The average molecular weight is 294 g/mol. The van der Waals surface area contributed by atoms with Gasteiger partial charge in [-0.3, -0.25) is 5.10 Å². The lowest BCUT2D eigenvalue weighted by atomic mass is 10.3. The van der Waals surface area contributed by atoms with Crippen molar-refractivity contribution >= 4 is 15.7 Å². The molecular formula is C13H18N4O2S. The number of nitrogens with zero attached hydrogens (tertiary/aromatic N) is 2. The van der Waals surface area contributed by atoms with E-state index in [-0.39, 0.29) is 4.90 Å². The SMILES string of the molecule is CN(CCCNS(=O)(=O)c1cn[nH]c1)c1ccccc1. The maximum absolute atomic E-state index is 11.8. The maximum Gasteiger partial charge on any atom is 0.243 e. The standard InChI is InChI=1S/C13H18N4O2S/c1-17(12-6-3-2-4-7-12)9-5-8-16-20(18,19)13-10-14-15-11-13/h2-4,6-7,10-11,16H,5,8-9H2,1H3,(H,14,15). The van der Waals surface area contributed by atoms with E-state index < -0.39 is 10.0 Å². The van der Waals surface area contributed by atoms with E-state index in [9.17, 15) is 8.42 Å². The summed E-state index contributed by atoms with van der Waals surface area (Å²) in [5, 5.41) is 6.12. The van der Waals surface area contributed by atoms with Crippen molar-refractivity contribution in [2.24, 2.45) is 0 Å². The number of hydrogen-bond donors (Lipinski definition) is 2. The summed E-state index contributed by atoms with van der Waals surface area (Å²) >= 11 is 0.